The molecule has 2 fully saturated rings. The monoisotopic (exact) mass is 430 g/mol. The highest BCUT2D eigenvalue weighted by atomic mass is 19.1. The summed E-state index contributed by atoms with van der Waals surface area (Å²) in [6.07, 6.45) is 4.51. The summed E-state index contributed by atoms with van der Waals surface area (Å²) in [6.45, 7) is 7.01. The molecule has 0 radical (unpaired) electrons. The summed E-state index contributed by atoms with van der Waals surface area (Å²) in [4.78, 5) is 21.1. The first-order chi connectivity index (χ1) is 14.9. The second-order valence-corrected chi connectivity index (χ2v) is 8.62. The molecule has 1 N–H and O–H groups in total. The maximum absolute atomic E-state index is 14.7. The van der Waals surface area contributed by atoms with Crippen molar-refractivity contribution in [3.63, 3.8) is 0 Å². The number of anilines is 3. The SMILES string of the molecule is Cc1oc(N(C)C[C@@H]2OCC[C@@H]2C)nc1C(=O)Nc1ccc(N2CCCCC2)c(F)c1. The third-order valence-corrected chi connectivity index (χ3v) is 6.22. The number of ether oxygens (including phenoxy) is 1. The number of hydrogen-bond acceptors (Lipinski definition) is 6. The first-order valence-corrected chi connectivity index (χ1v) is 11.1. The molecule has 0 spiro atoms. The van der Waals surface area contributed by atoms with Gasteiger partial charge in [0.2, 0.25) is 0 Å². The van der Waals surface area contributed by atoms with Crippen LogP contribution in [0.3, 0.4) is 0 Å². The third-order valence-electron chi connectivity index (χ3n) is 6.22. The predicted octanol–water partition coefficient (Wildman–Crippen LogP) is 4.23. The smallest absolute Gasteiger partial charge is 0.298 e. The van der Waals surface area contributed by atoms with Crippen molar-refractivity contribution in [1.29, 1.82) is 0 Å². The lowest BCUT2D eigenvalue weighted by atomic mass is 10.0. The zero-order valence-electron chi connectivity index (χ0n) is 18.5. The normalized spacial score (nSPS) is 21.4. The van der Waals surface area contributed by atoms with Gasteiger partial charge in [-0.1, -0.05) is 6.92 Å². The Hall–Kier alpha value is -2.61. The number of nitrogens with one attached hydrogen (secondary N) is 1. The van der Waals surface area contributed by atoms with Crippen LogP contribution in [0, 0.1) is 18.7 Å². The van der Waals surface area contributed by atoms with Crippen molar-refractivity contribution < 1.29 is 18.3 Å². The van der Waals surface area contributed by atoms with E-state index in [2.05, 4.69) is 22.1 Å². The molecule has 2 aliphatic rings. The lowest BCUT2D eigenvalue weighted by Crippen LogP contribution is -2.32. The molecule has 0 unspecified atom stereocenters. The van der Waals surface area contributed by atoms with Gasteiger partial charge in [0.15, 0.2) is 5.69 Å². The summed E-state index contributed by atoms with van der Waals surface area (Å²) in [7, 11) is 1.87. The van der Waals surface area contributed by atoms with Gasteiger partial charge in [0.25, 0.3) is 11.9 Å². The number of halogens is 1. The molecule has 2 aliphatic heterocycles. The summed E-state index contributed by atoms with van der Waals surface area (Å²) in [5.74, 6) is 0.147. The van der Waals surface area contributed by atoms with Gasteiger partial charge in [-0.2, -0.15) is 4.98 Å². The van der Waals surface area contributed by atoms with Crippen molar-refractivity contribution >= 4 is 23.3 Å². The largest absolute Gasteiger partial charge is 0.428 e. The van der Waals surface area contributed by atoms with Crippen molar-refractivity contribution in [3.8, 4) is 0 Å². The predicted molar refractivity (Wildman–Crippen MR) is 118 cm³/mol. The van der Waals surface area contributed by atoms with Gasteiger partial charge < -0.3 is 24.3 Å². The summed E-state index contributed by atoms with van der Waals surface area (Å²) in [5.41, 5.74) is 1.18. The van der Waals surface area contributed by atoms with Crippen molar-refractivity contribution in [1.82, 2.24) is 4.98 Å². The standard InChI is InChI=1S/C23H31FN4O3/c1-15-9-12-30-20(15)14-27(3)23-26-21(16(2)31-23)22(29)25-17-7-8-19(18(24)13-17)28-10-5-4-6-11-28/h7-8,13,15,20H,4-6,9-12,14H2,1-3H3,(H,25,29)/t15-,20-/m0/s1. The van der Waals surface area contributed by atoms with Gasteiger partial charge in [0.05, 0.1) is 11.8 Å². The Labute approximate surface area is 182 Å². The van der Waals surface area contributed by atoms with Crippen LogP contribution in [0.2, 0.25) is 0 Å². The van der Waals surface area contributed by atoms with Crippen LogP contribution < -0.4 is 15.1 Å². The van der Waals surface area contributed by atoms with E-state index in [0.29, 0.717) is 35.6 Å². The number of likely N-dealkylation sites (N-methyl/N-ethyl adjacent to an activating group) is 1. The highest BCUT2D eigenvalue weighted by Gasteiger charge is 2.28. The van der Waals surface area contributed by atoms with E-state index in [1.807, 2.05) is 11.9 Å². The summed E-state index contributed by atoms with van der Waals surface area (Å²) >= 11 is 0. The van der Waals surface area contributed by atoms with Crippen LogP contribution in [0.15, 0.2) is 22.6 Å². The summed E-state index contributed by atoms with van der Waals surface area (Å²) in [6, 6.07) is 5.19. The molecule has 1 aromatic heterocycles. The Bertz CT molecular complexity index is 926. The first kappa shape index (κ1) is 21.6. The molecule has 2 aromatic rings. The van der Waals surface area contributed by atoms with E-state index in [1.54, 1.807) is 19.1 Å². The molecule has 0 bridgehead atoms. The molecule has 1 aromatic carbocycles. The van der Waals surface area contributed by atoms with Gasteiger partial charge in [0, 0.05) is 39.0 Å². The number of piperidine rings is 1. The second-order valence-electron chi connectivity index (χ2n) is 8.62. The average molecular weight is 431 g/mol. The summed E-state index contributed by atoms with van der Waals surface area (Å²) in [5, 5.41) is 2.74. The first-order valence-electron chi connectivity index (χ1n) is 11.1. The minimum absolute atomic E-state index is 0.121. The quantitative estimate of drug-likeness (QED) is 0.740. The molecule has 0 saturated carbocycles. The van der Waals surface area contributed by atoms with E-state index in [0.717, 1.165) is 39.0 Å². The second kappa shape index (κ2) is 9.26. The fourth-order valence-electron chi connectivity index (χ4n) is 4.26. The van der Waals surface area contributed by atoms with Crippen molar-refractivity contribution in [2.45, 2.75) is 45.6 Å². The lowest BCUT2D eigenvalue weighted by Gasteiger charge is -2.29. The zero-order chi connectivity index (χ0) is 22.0. The number of carbonyl (C=O) groups is 1. The van der Waals surface area contributed by atoms with Crippen LogP contribution in [-0.4, -0.2) is 50.3 Å². The van der Waals surface area contributed by atoms with E-state index in [1.165, 1.54) is 12.5 Å². The van der Waals surface area contributed by atoms with Gasteiger partial charge in [-0.25, -0.2) is 4.39 Å². The van der Waals surface area contributed by atoms with Gasteiger partial charge in [-0.15, -0.1) is 0 Å². The number of carbonyl (C=O) groups excluding carboxylic acids is 1. The van der Waals surface area contributed by atoms with Gasteiger partial charge in [-0.3, -0.25) is 4.79 Å². The number of aromatic nitrogens is 1. The van der Waals surface area contributed by atoms with Crippen LogP contribution in [0.5, 0.6) is 0 Å². The molecular weight excluding hydrogens is 399 g/mol. The fourth-order valence-corrected chi connectivity index (χ4v) is 4.26. The zero-order valence-corrected chi connectivity index (χ0v) is 18.5. The molecule has 168 valence electrons. The van der Waals surface area contributed by atoms with E-state index in [-0.39, 0.29) is 17.6 Å². The third kappa shape index (κ3) is 4.84. The number of oxazole rings is 1. The van der Waals surface area contributed by atoms with Crippen molar-refractivity contribution in [2.24, 2.45) is 5.92 Å². The van der Waals surface area contributed by atoms with Gasteiger partial charge in [-0.05, 0) is 56.7 Å². The Balaban J connectivity index is 1.42. The van der Waals surface area contributed by atoms with Gasteiger partial charge >= 0.3 is 0 Å². The van der Waals surface area contributed by atoms with Crippen LogP contribution >= 0.6 is 0 Å². The maximum Gasteiger partial charge on any atom is 0.298 e. The molecule has 7 nitrogen and oxygen atoms in total. The van der Waals surface area contributed by atoms with Crippen LogP contribution in [0.1, 0.15) is 48.9 Å². The molecule has 2 atom stereocenters. The Morgan fingerprint density at radius 1 is 1.32 bits per heavy atom. The number of hydrogen-bond donors (Lipinski definition) is 1. The Morgan fingerprint density at radius 3 is 2.77 bits per heavy atom. The molecular formula is C23H31FN4O3. The van der Waals surface area contributed by atoms with Crippen molar-refractivity contribution in [3.05, 3.63) is 35.5 Å². The van der Waals surface area contributed by atoms with Crippen LogP contribution in [0.25, 0.3) is 0 Å². The van der Waals surface area contributed by atoms with Crippen LogP contribution in [-0.2, 0) is 4.74 Å². The van der Waals surface area contributed by atoms with E-state index < -0.39 is 5.91 Å². The molecule has 1 amide bonds. The molecule has 0 aliphatic carbocycles. The lowest BCUT2D eigenvalue weighted by molar-refractivity contribution is 0.0990. The number of benzene rings is 1. The topological polar surface area (TPSA) is 70.8 Å². The number of rotatable bonds is 6. The minimum atomic E-state index is -0.420. The average Bonchev–Trinajstić information content (AvgIpc) is 3.34. The Morgan fingerprint density at radius 2 is 2.10 bits per heavy atom. The van der Waals surface area contributed by atoms with E-state index in [9.17, 15) is 9.18 Å². The number of amides is 1. The highest BCUT2D eigenvalue weighted by Crippen LogP contribution is 2.27. The Kier molecular flexibility index (Phi) is 6.46. The fraction of sp³-hybridized carbons (Fsp3) is 0.565. The molecule has 3 heterocycles. The van der Waals surface area contributed by atoms with E-state index >= 15 is 0 Å². The van der Waals surface area contributed by atoms with Gasteiger partial charge in [0.1, 0.15) is 11.6 Å². The number of aryl methyl sites for hydroxylation is 1. The molecule has 31 heavy (non-hydrogen) atoms. The van der Waals surface area contributed by atoms with Crippen molar-refractivity contribution in [2.75, 3.05) is 48.4 Å². The molecule has 8 heteroatoms. The maximum atomic E-state index is 14.7. The highest BCUT2D eigenvalue weighted by molar-refractivity contribution is 6.03. The number of nitrogens with zero attached hydrogens (tertiary/aromatic N) is 3. The van der Waals surface area contributed by atoms with E-state index in [4.69, 9.17) is 9.15 Å². The van der Waals surface area contributed by atoms with Crippen LogP contribution in [0.4, 0.5) is 21.8 Å². The molecule has 2 saturated heterocycles. The molecule has 4 rings (SSSR count). The summed E-state index contributed by atoms with van der Waals surface area (Å²) < 4.78 is 26.1. The minimum Gasteiger partial charge on any atom is -0.428 e.